The molecule has 1 unspecified atom stereocenters. The molecule has 21 heavy (non-hydrogen) atoms. The molecule has 2 amide bonds. The standard InChI is InChI=1S/C16H18N2O3/c19-15(17-14-7-2-1-3-8-14)10-9-12-5-4-6-13(11-12)16(20)18-21/h1-3,7-12,21H,4-6H2,(H,17,19)(H,18,20). The number of hydrogen-bond acceptors (Lipinski definition) is 3. The second-order valence-electron chi connectivity index (χ2n) is 4.90. The third kappa shape index (κ3) is 4.57. The number of carbonyl (C=O) groups is 2. The Morgan fingerprint density at radius 1 is 1.24 bits per heavy atom. The van der Waals surface area contributed by atoms with E-state index in [2.05, 4.69) is 5.32 Å². The highest BCUT2D eigenvalue weighted by Crippen LogP contribution is 2.23. The summed E-state index contributed by atoms with van der Waals surface area (Å²) in [5, 5.41) is 11.4. The van der Waals surface area contributed by atoms with E-state index >= 15 is 0 Å². The smallest absolute Gasteiger partial charge is 0.270 e. The van der Waals surface area contributed by atoms with Gasteiger partial charge in [0.2, 0.25) is 5.91 Å². The maximum atomic E-state index is 11.8. The summed E-state index contributed by atoms with van der Waals surface area (Å²) in [7, 11) is 0. The zero-order chi connectivity index (χ0) is 15.1. The molecule has 3 N–H and O–H groups in total. The van der Waals surface area contributed by atoms with Crippen LogP contribution in [0, 0.1) is 5.92 Å². The highest BCUT2D eigenvalue weighted by atomic mass is 16.5. The lowest BCUT2D eigenvalue weighted by Crippen LogP contribution is -2.23. The summed E-state index contributed by atoms with van der Waals surface area (Å²) < 4.78 is 0. The molecular formula is C16H18N2O3. The average molecular weight is 286 g/mol. The summed E-state index contributed by atoms with van der Waals surface area (Å²) in [5.41, 5.74) is 2.94. The van der Waals surface area contributed by atoms with Gasteiger partial charge in [0.25, 0.3) is 5.91 Å². The molecular weight excluding hydrogens is 268 g/mol. The van der Waals surface area contributed by atoms with Gasteiger partial charge in [-0.2, -0.15) is 0 Å². The molecule has 1 aromatic carbocycles. The van der Waals surface area contributed by atoms with Crippen molar-refractivity contribution in [3.63, 3.8) is 0 Å². The number of para-hydroxylation sites is 1. The van der Waals surface area contributed by atoms with Crippen LogP contribution in [0.1, 0.15) is 19.3 Å². The van der Waals surface area contributed by atoms with Crippen molar-refractivity contribution in [1.82, 2.24) is 5.48 Å². The number of allylic oxidation sites excluding steroid dienone is 2. The van der Waals surface area contributed by atoms with Gasteiger partial charge in [0, 0.05) is 11.3 Å². The first-order valence-corrected chi connectivity index (χ1v) is 6.88. The van der Waals surface area contributed by atoms with E-state index in [1.165, 1.54) is 6.08 Å². The van der Waals surface area contributed by atoms with Crippen LogP contribution in [-0.2, 0) is 9.59 Å². The number of benzene rings is 1. The minimum absolute atomic E-state index is 0.0348. The summed E-state index contributed by atoms with van der Waals surface area (Å²) in [5.74, 6) is -0.636. The predicted molar refractivity (Wildman–Crippen MR) is 79.6 cm³/mol. The monoisotopic (exact) mass is 286 g/mol. The summed E-state index contributed by atoms with van der Waals surface area (Å²) in [4.78, 5) is 23.1. The Kier molecular flexibility index (Phi) is 5.29. The highest BCUT2D eigenvalue weighted by Gasteiger charge is 2.16. The van der Waals surface area contributed by atoms with Gasteiger partial charge in [-0.1, -0.05) is 30.4 Å². The van der Waals surface area contributed by atoms with Gasteiger partial charge >= 0.3 is 0 Å². The van der Waals surface area contributed by atoms with Crippen molar-refractivity contribution in [3.8, 4) is 0 Å². The van der Waals surface area contributed by atoms with E-state index in [1.807, 2.05) is 30.3 Å². The Hall–Kier alpha value is -2.40. The molecule has 1 aromatic rings. The lowest BCUT2D eigenvalue weighted by atomic mass is 9.90. The fourth-order valence-electron chi connectivity index (χ4n) is 2.28. The maximum Gasteiger partial charge on any atom is 0.270 e. The molecule has 1 aliphatic rings. The molecule has 0 bridgehead atoms. The van der Waals surface area contributed by atoms with Crippen LogP contribution >= 0.6 is 0 Å². The molecule has 0 heterocycles. The lowest BCUT2D eigenvalue weighted by Gasteiger charge is -2.17. The van der Waals surface area contributed by atoms with Gasteiger partial charge < -0.3 is 5.32 Å². The molecule has 0 saturated heterocycles. The van der Waals surface area contributed by atoms with E-state index in [0.29, 0.717) is 12.0 Å². The van der Waals surface area contributed by atoms with Gasteiger partial charge in [0.05, 0.1) is 0 Å². The van der Waals surface area contributed by atoms with Crippen LogP contribution in [0.5, 0.6) is 0 Å². The number of amides is 2. The number of carbonyl (C=O) groups excluding carboxylic acids is 2. The Balaban J connectivity index is 1.94. The largest absolute Gasteiger partial charge is 0.323 e. The first-order chi connectivity index (χ1) is 10.2. The number of hydrogen-bond donors (Lipinski definition) is 3. The lowest BCUT2D eigenvalue weighted by molar-refractivity contribution is -0.125. The van der Waals surface area contributed by atoms with Crippen LogP contribution in [0.4, 0.5) is 5.69 Å². The molecule has 1 atom stereocenters. The van der Waals surface area contributed by atoms with Gasteiger partial charge in [0.1, 0.15) is 0 Å². The minimum Gasteiger partial charge on any atom is -0.323 e. The first kappa shape index (κ1) is 15.0. The maximum absolute atomic E-state index is 11.8. The van der Waals surface area contributed by atoms with Crippen molar-refractivity contribution < 1.29 is 14.8 Å². The quantitative estimate of drug-likeness (QED) is 0.452. The van der Waals surface area contributed by atoms with Crippen molar-refractivity contribution in [2.75, 3.05) is 5.32 Å². The fraction of sp³-hybridized carbons (Fsp3) is 0.250. The molecule has 0 fully saturated rings. The van der Waals surface area contributed by atoms with Crippen LogP contribution in [0.2, 0.25) is 0 Å². The number of nitrogens with one attached hydrogen (secondary N) is 2. The summed E-state index contributed by atoms with van der Waals surface area (Å²) in [6.45, 7) is 0. The summed E-state index contributed by atoms with van der Waals surface area (Å²) in [6, 6.07) is 9.21. The summed E-state index contributed by atoms with van der Waals surface area (Å²) >= 11 is 0. The summed E-state index contributed by atoms with van der Waals surface area (Å²) in [6.07, 6.45) is 7.44. The highest BCUT2D eigenvalue weighted by molar-refractivity contribution is 5.99. The SMILES string of the molecule is O=C(C=CC1C=C(C(=O)NO)CCC1)Nc1ccccc1. The van der Waals surface area contributed by atoms with E-state index in [9.17, 15) is 9.59 Å². The number of rotatable bonds is 4. The van der Waals surface area contributed by atoms with E-state index in [4.69, 9.17) is 5.21 Å². The molecule has 2 rings (SSSR count). The van der Waals surface area contributed by atoms with Gasteiger partial charge in [-0.05, 0) is 43.4 Å². The van der Waals surface area contributed by atoms with Gasteiger partial charge in [0.15, 0.2) is 0 Å². The molecule has 5 nitrogen and oxygen atoms in total. The Labute approximate surface area is 123 Å². The second-order valence-corrected chi connectivity index (χ2v) is 4.90. The van der Waals surface area contributed by atoms with Crippen molar-refractivity contribution >= 4 is 17.5 Å². The molecule has 110 valence electrons. The van der Waals surface area contributed by atoms with Crippen molar-refractivity contribution in [2.45, 2.75) is 19.3 Å². The Bertz CT molecular complexity index is 564. The van der Waals surface area contributed by atoms with Crippen molar-refractivity contribution in [3.05, 3.63) is 54.1 Å². The molecule has 0 spiro atoms. The third-order valence-corrected chi connectivity index (χ3v) is 3.33. The minimum atomic E-state index is -0.471. The fourth-order valence-corrected chi connectivity index (χ4v) is 2.28. The van der Waals surface area contributed by atoms with E-state index in [1.54, 1.807) is 17.6 Å². The number of anilines is 1. The van der Waals surface area contributed by atoms with Crippen LogP contribution < -0.4 is 10.8 Å². The van der Waals surface area contributed by atoms with E-state index in [0.717, 1.165) is 18.5 Å². The predicted octanol–water partition coefficient (Wildman–Crippen LogP) is 2.41. The average Bonchev–Trinajstić information content (AvgIpc) is 2.53. The molecule has 1 aliphatic carbocycles. The molecule has 0 aromatic heterocycles. The molecule has 5 heteroatoms. The first-order valence-electron chi connectivity index (χ1n) is 6.88. The number of hydroxylamine groups is 1. The van der Waals surface area contributed by atoms with E-state index in [-0.39, 0.29) is 11.8 Å². The van der Waals surface area contributed by atoms with Gasteiger partial charge in [-0.15, -0.1) is 0 Å². The van der Waals surface area contributed by atoms with Crippen LogP contribution in [0.15, 0.2) is 54.1 Å². The van der Waals surface area contributed by atoms with Crippen LogP contribution in [0.3, 0.4) is 0 Å². The second kappa shape index (κ2) is 7.40. The Morgan fingerprint density at radius 2 is 2.00 bits per heavy atom. The zero-order valence-electron chi connectivity index (χ0n) is 11.6. The molecule has 0 saturated carbocycles. The van der Waals surface area contributed by atoms with Crippen molar-refractivity contribution in [1.29, 1.82) is 0 Å². The van der Waals surface area contributed by atoms with E-state index < -0.39 is 5.91 Å². The van der Waals surface area contributed by atoms with Gasteiger partial charge in [-0.3, -0.25) is 14.8 Å². The Morgan fingerprint density at radius 3 is 2.71 bits per heavy atom. The van der Waals surface area contributed by atoms with Crippen LogP contribution in [-0.4, -0.2) is 17.0 Å². The normalized spacial score (nSPS) is 18.1. The topological polar surface area (TPSA) is 78.4 Å². The molecule has 0 aliphatic heterocycles. The third-order valence-electron chi connectivity index (χ3n) is 3.33. The molecule has 0 radical (unpaired) electrons. The van der Waals surface area contributed by atoms with Gasteiger partial charge in [-0.25, -0.2) is 5.48 Å². The van der Waals surface area contributed by atoms with Crippen molar-refractivity contribution in [2.24, 2.45) is 5.92 Å². The zero-order valence-corrected chi connectivity index (χ0v) is 11.6. The van der Waals surface area contributed by atoms with Crippen LogP contribution in [0.25, 0.3) is 0 Å².